The lowest BCUT2D eigenvalue weighted by molar-refractivity contribution is 0.181. The van der Waals surface area contributed by atoms with Gasteiger partial charge in [0.25, 0.3) is 0 Å². The zero-order valence-corrected chi connectivity index (χ0v) is 12.1. The van der Waals surface area contributed by atoms with E-state index >= 15 is 0 Å². The Morgan fingerprint density at radius 1 is 1.44 bits per heavy atom. The summed E-state index contributed by atoms with van der Waals surface area (Å²) in [4.78, 5) is 0. The smallest absolute Gasteiger partial charge is 0.0640 e. The van der Waals surface area contributed by atoms with Crippen molar-refractivity contribution in [2.24, 2.45) is 5.92 Å². The quantitative estimate of drug-likeness (QED) is 0.881. The molecule has 2 nitrogen and oxygen atoms in total. The third kappa shape index (κ3) is 3.39. The highest BCUT2D eigenvalue weighted by molar-refractivity contribution is 6.42. The zero-order valence-electron chi connectivity index (χ0n) is 10.6. The molecular weight excluding hydrogens is 269 g/mol. The SMILES string of the molecule is CCNC(CC1CCOC1)c1cccc(Cl)c1Cl. The van der Waals surface area contributed by atoms with E-state index in [0.717, 1.165) is 38.2 Å². The van der Waals surface area contributed by atoms with E-state index < -0.39 is 0 Å². The highest BCUT2D eigenvalue weighted by Gasteiger charge is 2.23. The maximum absolute atomic E-state index is 6.31. The molecule has 0 spiro atoms. The van der Waals surface area contributed by atoms with Crippen LogP contribution in [0.1, 0.15) is 31.4 Å². The molecule has 0 radical (unpaired) electrons. The lowest BCUT2D eigenvalue weighted by Gasteiger charge is -2.22. The molecule has 1 aliphatic rings. The van der Waals surface area contributed by atoms with Crippen LogP contribution in [0.3, 0.4) is 0 Å². The second-order valence-electron chi connectivity index (χ2n) is 4.72. The summed E-state index contributed by atoms with van der Waals surface area (Å²) in [6.45, 7) is 4.77. The maximum atomic E-state index is 6.31. The summed E-state index contributed by atoms with van der Waals surface area (Å²) in [7, 11) is 0. The number of ether oxygens (including phenoxy) is 1. The minimum absolute atomic E-state index is 0.257. The highest BCUT2D eigenvalue weighted by Crippen LogP contribution is 2.34. The summed E-state index contributed by atoms with van der Waals surface area (Å²) in [6.07, 6.45) is 2.19. The first kappa shape index (κ1) is 14.1. The average Bonchev–Trinajstić information content (AvgIpc) is 2.85. The van der Waals surface area contributed by atoms with Gasteiger partial charge in [-0.3, -0.25) is 0 Å². The van der Waals surface area contributed by atoms with Gasteiger partial charge in [0.1, 0.15) is 0 Å². The first-order chi connectivity index (χ1) is 8.72. The topological polar surface area (TPSA) is 21.3 Å². The molecule has 1 N–H and O–H groups in total. The van der Waals surface area contributed by atoms with Gasteiger partial charge in [-0.25, -0.2) is 0 Å². The van der Waals surface area contributed by atoms with E-state index in [1.54, 1.807) is 0 Å². The Hall–Kier alpha value is -0.280. The van der Waals surface area contributed by atoms with Gasteiger partial charge in [-0.05, 0) is 36.9 Å². The van der Waals surface area contributed by atoms with Crippen molar-refractivity contribution in [1.29, 1.82) is 0 Å². The fraction of sp³-hybridized carbons (Fsp3) is 0.571. The monoisotopic (exact) mass is 287 g/mol. The normalized spacial score (nSPS) is 21.2. The molecule has 1 heterocycles. The molecule has 0 amide bonds. The fourth-order valence-corrected chi connectivity index (χ4v) is 2.90. The van der Waals surface area contributed by atoms with E-state index in [2.05, 4.69) is 18.3 Å². The number of rotatable bonds is 5. The number of benzene rings is 1. The third-order valence-electron chi connectivity index (χ3n) is 3.40. The van der Waals surface area contributed by atoms with Crippen molar-refractivity contribution < 1.29 is 4.74 Å². The van der Waals surface area contributed by atoms with Crippen LogP contribution in [0, 0.1) is 5.92 Å². The van der Waals surface area contributed by atoms with Gasteiger partial charge in [0.05, 0.1) is 10.0 Å². The maximum Gasteiger partial charge on any atom is 0.0640 e. The second-order valence-corrected chi connectivity index (χ2v) is 5.50. The summed E-state index contributed by atoms with van der Waals surface area (Å²) < 4.78 is 5.44. The predicted molar refractivity (Wildman–Crippen MR) is 76.4 cm³/mol. The molecule has 4 heteroatoms. The van der Waals surface area contributed by atoms with E-state index in [1.807, 2.05) is 12.1 Å². The van der Waals surface area contributed by atoms with Gasteiger partial charge in [0.2, 0.25) is 0 Å². The van der Waals surface area contributed by atoms with Crippen molar-refractivity contribution in [2.45, 2.75) is 25.8 Å². The van der Waals surface area contributed by atoms with Gasteiger partial charge < -0.3 is 10.1 Å². The van der Waals surface area contributed by atoms with Crippen LogP contribution in [-0.2, 0) is 4.74 Å². The van der Waals surface area contributed by atoms with Crippen LogP contribution >= 0.6 is 23.2 Å². The minimum Gasteiger partial charge on any atom is -0.381 e. The summed E-state index contributed by atoms with van der Waals surface area (Å²) in [5, 5.41) is 4.79. The van der Waals surface area contributed by atoms with Crippen LogP contribution in [0.15, 0.2) is 18.2 Å². The molecule has 100 valence electrons. The Morgan fingerprint density at radius 3 is 2.94 bits per heavy atom. The Bertz CT molecular complexity index is 391. The molecular formula is C14H19Cl2NO. The van der Waals surface area contributed by atoms with Crippen LogP contribution in [0.4, 0.5) is 0 Å². The van der Waals surface area contributed by atoms with Crippen molar-refractivity contribution in [3.63, 3.8) is 0 Å². The molecule has 0 aromatic heterocycles. The molecule has 0 saturated carbocycles. The Balaban J connectivity index is 2.14. The summed E-state index contributed by atoms with van der Waals surface area (Å²) in [5.41, 5.74) is 1.10. The van der Waals surface area contributed by atoms with E-state index in [0.29, 0.717) is 16.0 Å². The first-order valence-electron chi connectivity index (χ1n) is 6.47. The largest absolute Gasteiger partial charge is 0.381 e. The summed E-state index contributed by atoms with van der Waals surface area (Å²) in [5.74, 6) is 0.615. The summed E-state index contributed by atoms with van der Waals surface area (Å²) >= 11 is 12.4. The van der Waals surface area contributed by atoms with Crippen molar-refractivity contribution in [3.05, 3.63) is 33.8 Å². The van der Waals surface area contributed by atoms with E-state index in [-0.39, 0.29) is 6.04 Å². The zero-order chi connectivity index (χ0) is 13.0. The molecule has 2 unspecified atom stereocenters. The molecule has 1 saturated heterocycles. The molecule has 18 heavy (non-hydrogen) atoms. The van der Waals surface area contributed by atoms with Gasteiger partial charge in [-0.15, -0.1) is 0 Å². The fourth-order valence-electron chi connectivity index (χ4n) is 2.46. The van der Waals surface area contributed by atoms with Crippen molar-refractivity contribution in [2.75, 3.05) is 19.8 Å². The van der Waals surface area contributed by atoms with Crippen LogP contribution < -0.4 is 5.32 Å². The molecule has 0 bridgehead atoms. The molecule has 2 atom stereocenters. The number of nitrogens with one attached hydrogen (secondary N) is 1. The Labute approximate surface area is 119 Å². The molecule has 1 aromatic rings. The Kier molecular flexibility index (Phi) is 5.31. The minimum atomic E-state index is 0.257. The van der Waals surface area contributed by atoms with Crippen LogP contribution in [0.2, 0.25) is 10.0 Å². The van der Waals surface area contributed by atoms with Crippen LogP contribution in [0.5, 0.6) is 0 Å². The number of hydrogen-bond donors (Lipinski definition) is 1. The number of hydrogen-bond acceptors (Lipinski definition) is 2. The Morgan fingerprint density at radius 2 is 2.28 bits per heavy atom. The van der Waals surface area contributed by atoms with Crippen LogP contribution in [0.25, 0.3) is 0 Å². The van der Waals surface area contributed by atoms with Crippen molar-refractivity contribution >= 4 is 23.2 Å². The molecule has 1 fully saturated rings. The van der Waals surface area contributed by atoms with Gasteiger partial charge in [0.15, 0.2) is 0 Å². The molecule has 1 aromatic carbocycles. The number of halogens is 2. The molecule has 0 aliphatic carbocycles. The van der Waals surface area contributed by atoms with Gasteiger partial charge in [-0.2, -0.15) is 0 Å². The van der Waals surface area contributed by atoms with E-state index in [9.17, 15) is 0 Å². The highest BCUT2D eigenvalue weighted by atomic mass is 35.5. The summed E-state index contributed by atoms with van der Waals surface area (Å²) in [6, 6.07) is 6.10. The lowest BCUT2D eigenvalue weighted by atomic mass is 9.94. The van der Waals surface area contributed by atoms with E-state index in [1.165, 1.54) is 0 Å². The molecule has 1 aliphatic heterocycles. The van der Waals surface area contributed by atoms with Crippen molar-refractivity contribution in [3.8, 4) is 0 Å². The van der Waals surface area contributed by atoms with Crippen LogP contribution in [-0.4, -0.2) is 19.8 Å². The van der Waals surface area contributed by atoms with Gasteiger partial charge >= 0.3 is 0 Å². The second kappa shape index (κ2) is 6.76. The standard InChI is InChI=1S/C14H19Cl2NO/c1-2-17-13(8-10-6-7-18-9-10)11-4-3-5-12(15)14(11)16/h3-5,10,13,17H,2,6-9H2,1H3. The van der Waals surface area contributed by atoms with Gasteiger partial charge in [-0.1, -0.05) is 42.3 Å². The van der Waals surface area contributed by atoms with Crippen molar-refractivity contribution in [1.82, 2.24) is 5.32 Å². The van der Waals surface area contributed by atoms with Gasteiger partial charge in [0, 0.05) is 19.3 Å². The average molecular weight is 288 g/mol. The lowest BCUT2D eigenvalue weighted by Crippen LogP contribution is -2.24. The third-order valence-corrected chi connectivity index (χ3v) is 4.23. The first-order valence-corrected chi connectivity index (χ1v) is 7.23. The van der Waals surface area contributed by atoms with E-state index in [4.69, 9.17) is 27.9 Å². The predicted octanol–water partition coefficient (Wildman–Crippen LogP) is 4.07. The molecule has 2 rings (SSSR count).